The molecule has 0 N–H and O–H groups in total. The Morgan fingerprint density at radius 1 is 1.30 bits per heavy atom. The van der Waals surface area contributed by atoms with E-state index in [4.69, 9.17) is 0 Å². The summed E-state index contributed by atoms with van der Waals surface area (Å²) < 4.78 is 2.50. The second kappa shape index (κ2) is 3.62. The highest BCUT2D eigenvalue weighted by atomic mass is 127. The number of halogens is 2. The van der Waals surface area contributed by atoms with Gasteiger partial charge in [-0.1, -0.05) is 0 Å². The van der Waals surface area contributed by atoms with Gasteiger partial charge in [0.15, 0.2) is 0 Å². The first-order valence-corrected chi connectivity index (χ1v) is 5.36. The first-order chi connectivity index (χ1) is 4.61. The van der Waals surface area contributed by atoms with Crippen LogP contribution in [-0.4, -0.2) is 0 Å². The zero-order valence-electron chi connectivity index (χ0n) is 5.36. The summed E-state index contributed by atoms with van der Waals surface area (Å²) >= 11 is 8.95. The van der Waals surface area contributed by atoms with E-state index in [2.05, 4.69) is 76.9 Å². The second-order valence-corrected chi connectivity index (χ2v) is 4.91. The van der Waals surface area contributed by atoms with Gasteiger partial charge in [0.1, 0.15) is 0 Å². The average Bonchev–Trinajstić information content (AvgIpc) is 1.82. The van der Waals surface area contributed by atoms with Gasteiger partial charge >= 0.3 is 0 Å². The summed E-state index contributed by atoms with van der Waals surface area (Å²) in [5.41, 5.74) is 1.25. The third-order valence-electron chi connectivity index (χ3n) is 1.22. The first kappa shape index (κ1) is 9.12. The van der Waals surface area contributed by atoms with Crippen molar-refractivity contribution in [2.75, 3.05) is 0 Å². The van der Waals surface area contributed by atoms with Crippen molar-refractivity contribution >= 4 is 57.8 Å². The van der Waals surface area contributed by atoms with Crippen molar-refractivity contribution in [1.29, 1.82) is 0 Å². The molecule has 0 aliphatic heterocycles. The SMILES string of the molecule is Cc1cc(I)cc(I)c1S. The molecular weight excluding hydrogens is 370 g/mol. The second-order valence-electron chi connectivity index (χ2n) is 2.05. The zero-order valence-corrected chi connectivity index (χ0v) is 10.6. The molecule has 0 amide bonds. The predicted molar refractivity (Wildman–Crippen MR) is 63.9 cm³/mol. The van der Waals surface area contributed by atoms with Crippen LogP contribution in [0.15, 0.2) is 17.0 Å². The Bertz CT molecular complexity index is 235. The van der Waals surface area contributed by atoms with Crippen LogP contribution in [-0.2, 0) is 0 Å². The van der Waals surface area contributed by atoms with Crippen molar-refractivity contribution < 1.29 is 0 Å². The summed E-state index contributed by atoms with van der Waals surface area (Å²) in [6.45, 7) is 2.08. The largest absolute Gasteiger partial charge is 0.142 e. The van der Waals surface area contributed by atoms with Gasteiger partial charge in [-0.15, -0.1) is 12.6 Å². The van der Waals surface area contributed by atoms with Crippen molar-refractivity contribution in [3.05, 3.63) is 24.8 Å². The Balaban J connectivity index is 3.31. The summed E-state index contributed by atoms with van der Waals surface area (Å²) in [6, 6.07) is 4.25. The molecule has 0 heterocycles. The summed E-state index contributed by atoms with van der Waals surface area (Å²) in [7, 11) is 0. The van der Waals surface area contributed by atoms with Crippen LogP contribution in [0.25, 0.3) is 0 Å². The van der Waals surface area contributed by atoms with E-state index < -0.39 is 0 Å². The van der Waals surface area contributed by atoms with E-state index in [1.54, 1.807) is 0 Å². The molecule has 1 aromatic rings. The Labute approximate surface area is 93.5 Å². The van der Waals surface area contributed by atoms with Gasteiger partial charge in [-0.25, -0.2) is 0 Å². The predicted octanol–water partition coefficient (Wildman–Crippen LogP) is 3.49. The number of thiol groups is 1. The lowest BCUT2D eigenvalue weighted by Gasteiger charge is -2.01. The molecule has 0 nitrogen and oxygen atoms in total. The van der Waals surface area contributed by atoms with Gasteiger partial charge in [0, 0.05) is 12.0 Å². The molecule has 0 radical (unpaired) electrons. The normalized spacial score (nSPS) is 10.0. The van der Waals surface area contributed by atoms with Crippen LogP contribution in [0.5, 0.6) is 0 Å². The first-order valence-electron chi connectivity index (χ1n) is 2.76. The van der Waals surface area contributed by atoms with Gasteiger partial charge in [0.2, 0.25) is 0 Å². The molecule has 0 aromatic heterocycles. The molecule has 0 spiro atoms. The molecule has 0 atom stereocenters. The molecule has 10 heavy (non-hydrogen) atoms. The van der Waals surface area contributed by atoms with Crippen molar-refractivity contribution in [2.24, 2.45) is 0 Å². The van der Waals surface area contributed by atoms with Crippen LogP contribution < -0.4 is 0 Å². The number of benzene rings is 1. The summed E-state index contributed by atoms with van der Waals surface area (Å²) in [5, 5.41) is 0. The molecule has 3 heteroatoms. The number of hydrogen-bond acceptors (Lipinski definition) is 1. The Kier molecular flexibility index (Phi) is 3.30. The van der Waals surface area contributed by atoms with Crippen molar-refractivity contribution in [3.63, 3.8) is 0 Å². The summed E-state index contributed by atoms with van der Waals surface area (Å²) in [5.74, 6) is 0. The number of aryl methyl sites for hydroxylation is 1. The molecular formula is C7H6I2S. The van der Waals surface area contributed by atoms with Crippen LogP contribution in [0.4, 0.5) is 0 Å². The van der Waals surface area contributed by atoms with E-state index in [-0.39, 0.29) is 0 Å². The van der Waals surface area contributed by atoms with Gasteiger partial charge in [-0.2, -0.15) is 0 Å². The minimum atomic E-state index is 1.10. The van der Waals surface area contributed by atoms with E-state index in [1.807, 2.05) is 0 Å². The van der Waals surface area contributed by atoms with Gasteiger partial charge in [0.25, 0.3) is 0 Å². The lowest BCUT2D eigenvalue weighted by atomic mass is 10.2. The third-order valence-corrected chi connectivity index (χ3v) is 3.71. The molecule has 0 aliphatic carbocycles. The lowest BCUT2D eigenvalue weighted by Crippen LogP contribution is -1.83. The Hall–Kier alpha value is 1.03. The van der Waals surface area contributed by atoms with E-state index in [1.165, 1.54) is 12.7 Å². The highest BCUT2D eigenvalue weighted by Gasteiger charge is 1.99. The molecule has 54 valence electrons. The summed E-state index contributed by atoms with van der Waals surface area (Å²) in [6.07, 6.45) is 0. The molecule has 0 saturated carbocycles. The third kappa shape index (κ3) is 2.01. The van der Waals surface area contributed by atoms with Crippen molar-refractivity contribution in [1.82, 2.24) is 0 Å². The fourth-order valence-corrected chi connectivity index (χ4v) is 2.96. The molecule has 0 bridgehead atoms. The molecule has 0 fully saturated rings. The quantitative estimate of drug-likeness (QED) is 0.520. The monoisotopic (exact) mass is 376 g/mol. The molecule has 1 aromatic carbocycles. The number of rotatable bonds is 0. The van der Waals surface area contributed by atoms with Crippen molar-refractivity contribution in [2.45, 2.75) is 11.8 Å². The van der Waals surface area contributed by atoms with Crippen LogP contribution in [0, 0.1) is 14.1 Å². The van der Waals surface area contributed by atoms with E-state index in [0.717, 1.165) is 4.90 Å². The summed E-state index contributed by atoms with van der Waals surface area (Å²) in [4.78, 5) is 1.10. The van der Waals surface area contributed by atoms with E-state index in [9.17, 15) is 0 Å². The zero-order chi connectivity index (χ0) is 7.72. The maximum absolute atomic E-state index is 4.35. The molecule has 0 saturated heterocycles. The number of hydrogen-bond donors (Lipinski definition) is 1. The van der Waals surface area contributed by atoms with Crippen LogP contribution >= 0.6 is 57.8 Å². The Morgan fingerprint density at radius 2 is 1.90 bits per heavy atom. The minimum absolute atomic E-state index is 1.10. The van der Waals surface area contributed by atoms with Gasteiger partial charge in [-0.3, -0.25) is 0 Å². The van der Waals surface area contributed by atoms with Gasteiger partial charge in [-0.05, 0) is 69.8 Å². The van der Waals surface area contributed by atoms with Crippen LogP contribution in [0.1, 0.15) is 5.56 Å². The Morgan fingerprint density at radius 3 is 2.40 bits per heavy atom. The highest BCUT2D eigenvalue weighted by molar-refractivity contribution is 14.1. The molecule has 0 aliphatic rings. The van der Waals surface area contributed by atoms with Gasteiger partial charge in [0.05, 0.1) is 0 Å². The standard InChI is InChI=1S/C7H6I2S/c1-4-2-5(8)3-6(9)7(4)10/h2-3,10H,1H3. The maximum atomic E-state index is 4.35. The van der Waals surface area contributed by atoms with Crippen LogP contribution in [0.3, 0.4) is 0 Å². The molecule has 0 unspecified atom stereocenters. The fourth-order valence-electron chi connectivity index (χ4n) is 0.695. The topological polar surface area (TPSA) is 0 Å². The lowest BCUT2D eigenvalue weighted by molar-refractivity contribution is 1.26. The van der Waals surface area contributed by atoms with Gasteiger partial charge < -0.3 is 0 Å². The van der Waals surface area contributed by atoms with E-state index in [0.29, 0.717) is 0 Å². The maximum Gasteiger partial charge on any atom is 0.0276 e. The molecule has 1 rings (SSSR count). The minimum Gasteiger partial charge on any atom is -0.142 e. The average molecular weight is 376 g/mol. The fraction of sp³-hybridized carbons (Fsp3) is 0.143. The van der Waals surface area contributed by atoms with Crippen molar-refractivity contribution in [3.8, 4) is 0 Å². The van der Waals surface area contributed by atoms with E-state index >= 15 is 0 Å². The smallest absolute Gasteiger partial charge is 0.0276 e. The highest BCUT2D eigenvalue weighted by Crippen LogP contribution is 2.22. The van der Waals surface area contributed by atoms with Crippen LogP contribution in [0.2, 0.25) is 0 Å².